The number of nitrogens with zero attached hydrogens (tertiary/aromatic N) is 3. The summed E-state index contributed by atoms with van der Waals surface area (Å²) in [5.41, 5.74) is 2.87. The summed E-state index contributed by atoms with van der Waals surface area (Å²) in [4.78, 5) is 34.1. The van der Waals surface area contributed by atoms with E-state index in [0.717, 1.165) is 23.2 Å². The molecule has 3 heterocycles. The molecule has 0 spiro atoms. The summed E-state index contributed by atoms with van der Waals surface area (Å²) in [5.74, 6) is -0.294. The first-order chi connectivity index (χ1) is 17.9. The van der Waals surface area contributed by atoms with Gasteiger partial charge in [-0.1, -0.05) is 6.07 Å². The molecule has 1 aliphatic heterocycles. The van der Waals surface area contributed by atoms with Crippen molar-refractivity contribution in [3.8, 4) is 11.3 Å². The van der Waals surface area contributed by atoms with Crippen molar-refractivity contribution in [2.24, 2.45) is 0 Å². The number of thiophene rings is 1. The van der Waals surface area contributed by atoms with Gasteiger partial charge in [0.15, 0.2) is 0 Å². The largest absolute Gasteiger partial charge is 0.444 e. The van der Waals surface area contributed by atoms with Crippen molar-refractivity contribution in [3.05, 3.63) is 58.9 Å². The molecule has 38 heavy (non-hydrogen) atoms. The standard InChI is InChI=1S/C26H31N5O5S2/c1-26(2,3)36-25(33)31-12-10-30(11-13-31)21-8-9-22(27-16-21)18-14-23(37-17-18)24(32)28-19-6-5-7-20(15-19)29-38(4,34)35/h5-9,14-17,29H,10-13H2,1-4H3,(H,28,32). The van der Waals surface area contributed by atoms with Crippen LogP contribution < -0.4 is 14.9 Å². The number of anilines is 3. The molecule has 0 aliphatic carbocycles. The maximum atomic E-state index is 12.8. The zero-order valence-electron chi connectivity index (χ0n) is 21.7. The number of benzene rings is 1. The Morgan fingerprint density at radius 3 is 2.37 bits per heavy atom. The number of sulfonamides is 1. The van der Waals surface area contributed by atoms with Crippen LogP contribution in [0.3, 0.4) is 0 Å². The maximum absolute atomic E-state index is 12.8. The van der Waals surface area contributed by atoms with Gasteiger partial charge in [-0.25, -0.2) is 13.2 Å². The van der Waals surface area contributed by atoms with Gasteiger partial charge in [-0.3, -0.25) is 14.5 Å². The second-order valence-electron chi connectivity index (χ2n) is 9.96. The lowest BCUT2D eigenvalue weighted by Crippen LogP contribution is -2.50. The summed E-state index contributed by atoms with van der Waals surface area (Å²) >= 11 is 1.30. The lowest BCUT2D eigenvalue weighted by atomic mass is 10.2. The van der Waals surface area contributed by atoms with Crippen molar-refractivity contribution >= 4 is 50.4 Å². The van der Waals surface area contributed by atoms with Crippen LogP contribution in [0, 0.1) is 0 Å². The van der Waals surface area contributed by atoms with E-state index in [2.05, 4.69) is 19.9 Å². The van der Waals surface area contributed by atoms with Crippen LogP contribution in [0.2, 0.25) is 0 Å². The molecule has 2 amide bonds. The second kappa shape index (κ2) is 11.0. The normalized spacial score (nSPS) is 14.2. The molecule has 1 aromatic carbocycles. The van der Waals surface area contributed by atoms with Gasteiger partial charge in [0.1, 0.15) is 5.60 Å². The van der Waals surface area contributed by atoms with Gasteiger partial charge in [0, 0.05) is 42.8 Å². The molecule has 1 saturated heterocycles. The third-order valence-electron chi connectivity index (χ3n) is 5.59. The van der Waals surface area contributed by atoms with E-state index in [0.29, 0.717) is 42.4 Å². The Hall–Kier alpha value is -3.64. The van der Waals surface area contributed by atoms with Crippen LogP contribution in [0.15, 0.2) is 54.0 Å². The Morgan fingerprint density at radius 2 is 1.74 bits per heavy atom. The first-order valence-electron chi connectivity index (χ1n) is 12.0. The summed E-state index contributed by atoms with van der Waals surface area (Å²) < 4.78 is 30.8. The number of nitrogens with one attached hydrogen (secondary N) is 2. The molecule has 202 valence electrons. The average Bonchev–Trinajstić information content (AvgIpc) is 3.33. The molecule has 1 aliphatic rings. The number of amides is 2. The van der Waals surface area contributed by atoms with Gasteiger partial charge in [-0.05, 0) is 57.2 Å². The Labute approximate surface area is 226 Å². The maximum Gasteiger partial charge on any atom is 0.410 e. The third kappa shape index (κ3) is 7.45. The number of carbonyl (C=O) groups is 2. The minimum Gasteiger partial charge on any atom is -0.444 e. The minimum absolute atomic E-state index is 0.291. The monoisotopic (exact) mass is 557 g/mol. The van der Waals surface area contributed by atoms with Crippen LogP contribution in [0.5, 0.6) is 0 Å². The van der Waals surface area contributed by atoms with Crippen LogP contribution in [-0.2, 0) is 14.8 Å². The molecule has 2 N–H and O–H groups in total. The number of carbonyl (C=O) groups excluding carboxylic acids is 2. The Bertz CT molecular complexity index is 1410. The predicted octanol–water partition coefficient (Wildman–Crippen LogP) is 4.49. The fraction of sp³-hybridized carbons (Fsp3) is 0.346. The van der Waals surface area contributed by atoms with Crippen LogP contribution in [-0.4, -0.2) is 68.3 Å². The van der Waals surface area contributed by atoms with E-state index in [1.54, 1.807) is 41.4 Å². The van der Waals surface area contributed by atoms with Crippen LogP contribution in [0.1, 0.15) is 30.4 Å². The molecule has 4 rings (SSSR count). The van der Waals surface area contributed by atoms with Crippen LogP contribution in [0.4, 0.5) is 21.9 Å². The van der Waals surface area contributed by atoms with Gasteiger partial charge in [0.25, 0.3) is 5.91 Å². The second-order valence-corrected chi connectivity index (χ2v) is 12.6. The Kier molecular flexibility index (Phi) is 7.93. The van der Waals surface area contributed by atoms with E-state index >= 15 is 0 Å². The first-order valence-corrected chi connectivity index (χ1v) is 14.8. The van der Waals surface area contributed by atoms with Crippen molar-refractivity contribution < 1.29 is 22.7 Å². The number of piperazine rings is 1. The smallest absolute Gasteiger partial charge is 0.410 e. The van der Waals surface area contributed by atoms with Gasteiger partial charge in [0.2, 0.25) is 10.0 Å². The third-order valence-corrected chi connectivity index (χ3v) is 7.12. The molecular weight excluding hydrogens is 526 g/mol. The summed E-state index contributed by atoms with van der Waals surface area (Å²) in [6, 6.07) is 12.2. The summed E-state index contributed by atoms with van der Waals surface area (Å²) in [6.07, 6.45) is 2.58. The predicted molar refractivity (Wildman–Crippen MR) is 150 cm³/mol. The quantitative estimate of drug-likeness (QED) is 0.458. The summed E-state index contributed by atoms with van der Waals surface area (Å²) in [7, 11) is -3.42. The molecule has 0 radical (unpaired) electrons. The highest BCUT2D eigenvalue weighted by molar-refractivity contribution is 7.92. The Balaban J connectivity index is 1.35. The fourth-order valence-electron chi connectivity index (χ4n) is 3.87. The van der Waals surface area contributed by atoms with Gasteiger partial charge in [-0.2, -0.15) is 0 Å². The van der Waals surface area contributed by atoms with Crippen molar-refractivity contribution in [1.29, 1.82) is 0 Å². The van der Waals surface area contributed by atoms with Crippen LogP contribution >= 0.6 is 11.3 Å². The lowest BCUT2D eigenvalue weighted by Gasteiger charge is -2.36. The fourth-order valence-corrected chi connectivity index (χ4v) is 5.23. The van der Waals surface area contributed by atoms with E-state index in [4.69, 9.17) is 4.74 Å². The Morgan fingerprint density at radius 1 is 1.03 bits per heavy atom. The molecule has 0 saturated carbocycles. The van der Waals surface area contributed by atoms with Crippen molar-refractivity contribution in [2.75, 3.05) is 47.4 Å². The number of hydrogen-bond donors (Lipinski definition) is 2. The molecule has 12 heteroatoms. The van der Waals surface area contributed by atoms with Crippen molar-refractivity contribution in [2.45, 2.75) is 26.4 Å². The highest BCUT2D eigenvalue weighted by atomic mass is 32.2. The molecule has 10 nitrogen and oxygen atoms in total. The van der Waals surface area contributed by atoms with E-state index in [1.165, 1.54) is 11.3 Å². The molecule has 0 atom stereocenters. The number of hydrogen-bond acceptors (Lipinski definition) is 8. The zero-order valence-corrected chi connectivity index (χ0v) is 23.4. The van der Waals surface area contributed by atoms with E-state index < -0.39 is 15.6 Å². The minimum atomic E-state index is -3.42. The first kappa shape index (κ1) is 27.4. The van der Waals surface area contributed by atoms with Crippen molar-refractivity contribution in [1.82, 2.24) is 9.88 Å². The van der Waals surface area contributed by atoms with E-state index in [-0.39, 0.29) is 12.0 Å². The number of ether oxygens (including phenoxy) is 1. The molecular formula is C26H31N5O5S2. The highest BCUT2D eigenvalue weighted by Crippen LogP contribution is 2.27. The van der Waals surface area contributed by atoms with Gasteiger partial charge >= 0.3 is 6.09 Å². The van der Waals surface area contributed by atoms with E-state index in [1.807, 2.05) is 38.3 Å². The molecule has 3 aromatic rings. The SMILES string of the molecule is CC(C)(C)OC(=O)N1CCN(c2ccc(-c3csc(C(=O)Nc4cccc(NS(C)(=O)=O)c4)c3)nc2)CC1. The molecule has 0 bridgehead atoms. The molecule has 2 aromatic heterocycles. The number of pyridine rings is 1. The summed E-state index contributed by atoms with van der Waals surface area (Å²) in [5, 5.41) is 4.67. The number of rotatable bonds is 6. The van der Waals surface area contributed by atoms with Crippen LogP contribution in [0.25, 0.3) is 11.3 Å². The molecule has 1 fully saturated rings. The van der Waals surface area contributed by atoms with Gasteiger partial charge in [0.05, 0.1) is 34.4 Å². The van der Waals surface area contributed by atoms with Gasteiger partial charge < -0.3 is 19.9 Å². The topological polar surface area (TPSA) is 121 Å². The lowest BCUT2D eigenvalue weighted by molar-refractivity contribution is 0.0240. The summed E-state index contributed by atoms with van der Waals surface area (Å²) in [6.45, 7) is 8.10. The average molecular weight is 558 g/mol. The molecule has 0 unspecified atom stereocenters. The number of aromatic nitrogens is 1. The van der Waals surface area contributed by atoms with E-state index in [9.17, 15) is 18.0 Å². The van der Waals surface area contributed by atoms with Gasteiger partial charge in [-0.15, -0.1) is 11.3 Å². The van der Waals surface area contributed by atoms with Crippen molar-refractivity contribution in [3.63, 3.8) is 0 Å². The zero-order chi connectivity index (χ0) is 27.5. The highest BCUT2D eigenvalue weighted by Gasteiger charge is 2.26.